The van der Waals surface area contributed by atoms with Crippen LogP contribution in [-0.2, 0) is 30.8 Å². The van der Waals surface area contributed by atoms with Gasteiger partial charge in [-0.3, -0.25) is 44.8 Å². The van der Waals surface area contributed by atoms with Crippen molar-refractivity contribution in [2.45, 2.75) is 30.4 Å². The number of fused-ring (bicyclic) bond motifs is 4. The van der Waals surface area contributed by atoms with E-state index in [1.165, 1.54) is 49.3 Å². The number of nitro groups is 2. The number of imide groups is 2. The maximum atomic E-state index is 15.3. The predicted molar refractivity (Wildman–Crippen MR) is 212 cm³/mol. The molecule has 0 spiro atoms. The van der Waals surface area contributed by atoms with Gasteiger partial charge in [-0.25, -0.2) is 9.88 Å². The summed E-state index contributed by atoms with van der Waals surface area (Å²) in [6.45, 7) is 0. The highest BCUT2D eigenvalue weighted by atomic mass is 35.5. The number of phenolic OH excluding ortho intramolecular Hbond substituents is 1. The van der Waals surface area contributed by atoms with Crippen molar-refractivity contribution in [1.82, 2.24) is 9.99 Å². The Morgan fingerprint density at radius 1 is 0.918 bits per heavy atom. The topological polar surface area (TPSA) is 209 Å². The van der Waals surface area contributed by atoms with Crippen LogP contribution in [0.1, 0.15) is 35.4 Å². The Hall–Kier alpha value is -6.60. The van der Waals surface area contributed by atoms with E-state index in [9.17, 15) is 52.9 Å². The second-order valence-corrected chi connectivity index (χ2v) is 16.1. The Bertz CT molecular complexity index is 2610. The SMILES string of the molecule is CN(C)c1c([N+](=O)[O-])cc(N2C(=O)[C@H]3[C@H](CC=C4[C@H]3C[C@H]3C(=O)N(Nc5ncc(C(F)(F)F)cc5Cl)C(=O)[C@@]3(c3ccc(Cl)cc3)[C@H]4c3cccc(O)c3)C2=O)cc1[N+](=O)[O-]. The molecule has 4 aliphatic rings. The molecule has 8 rings (SSSR count). The minimum Gasteiger partial charge on any atom is -0.508 e. The lowest BCUT2D eigenvalue weighted by molar-refractivity contribution is -0.392. The van der Waals surface area contributed by atoms with Crippen LogP contribution >= 0.6 is 23.2 Å². The van der Waals surface area contributed by atoms with Crippen molar-refractivity contribution >= 4 is 75.4 Å². The minimum atomic E-state index is -4.81. The van der Waals surface area contributed by atoms with E-state index in [1.807, 2.05) is 0 Å². The third-order valence-electron chi connectivity index (χ3n) is 11.9. The molecule has 1 saturated carbocycles. The number of nitro benzene ring substituents is 2. The number of benzene rings is 3. The van der Waals surface area contributed by atoms with Crippen LogP contribution in [-0.4, -0.2) is 62.7 Å². The number of nitrogens with one attached hydrogen (secondary N) is 1. The molecule has 2 saturated heterocycles. The van der Waals surface area contributed by atoms with Gasteiger partial charge in [0, 0.05) is 43.4 Å². The van der Waals surface area contributed by atoms with Gasteiger partial charge in [0.1, 0.15) is 5.75 Å². The van der Waals surface area contributed by atoms with E-state index in [0.717, 1.165) is 12.1 Å². The Kier molecular flexibility index (Phi) is 9.81. The maximum Gasteiger partial charge on any atom is 0.417 e. The van der Waals surface area contributed by atoms with Crippen molar-refractivity contribution in [3.8, 4) is 5.75 Å². The number of nitrogens with zero attached hydrogens (tertiary/aromatic N) is 6. The van der Waals surface area contributed by atoms with E-state index < -0.39 is 108 Å². The van der Waals surface area contributed by atoms with Crippen molar-refractivity contribution in [3.05, 3.63) is 132 Å². The zero-order valence-electron chi connectivity index (χ0n) is 31.6. The van der Waals surface area contributed by atoms with Crippen LogP contribution in [0.5, 0.6) is 5.75 Å². The highest BCUT2D eigenvalue weighted by Gasteiger charge is 2.70. The molecule has 0 bridgehead atoms. The van der Waals surface area contributed by atoms with Crippen LogP contribution in [0.3, 0.4) is 0 Å². The molecular weight excluding hydrogens is 850 g/mol. The molecule has 0 radical (unpaired) electrons. The van der Waals surface area contributed by atoms with E-state index in [0.29, 0.717) is 33.3 Å². The number of phenols is 1. The number of halogens is 5. The molecule has 6 atom stereocenters. The van der Waals surface area contributed by atoms with Crippen LogP contribution in [0.15, 0.2) is 84.6 Å². The molecular formula is C40H30Cl2F3N7O9. The van der Waals surface area contributed by atoms with Gasteiger partial charge in [0.05, 0.1) is 49.3 Å². The van der Waals surface area contributed by atoms with Gasteiger partial charge in [0.15, 0.2) is 11.5 Å². The first kappa shape index (κ1) is 41.1. The van der Waals surface area contributed by atoms with Crippen molar-refractivity contribution in [3.63, 3.8) is 0 Å². The van der Waals surface area contributed by atoms with Gasteiger partial charge in [-0.2, -0.15) is 18.2 Å². The lowest BCUT2D eigenvalue weighted by Gasteiger charge is -2.50. The summed E-state index contributed by atoms with van der Waals surface area (Å²) in [6.07, 6.45) is -3.00. The number of carbonyl (C=O) groups excluding carboxylic acids is 4. The number of hydrogen-bond acceptors (Lipinski definition) is 12. The van der Waals surface area contributed by atoms with Crippen molar-refractivity contribution in [2.75, 3.05) is 29.3 Å². The van der Waals surface area contributed by atoms with E-state index >= 15 is 4.79 Å². The third kappa shape index (κ3) is 6.32. The standard InChI is InChI=1S/C40H30Cl2F3N7O9/c1-48(2)33-29(51(58)59)14-22(15-30(33)52(60)61)49-35(54)25-11-10-24-26(31(25)37(49)56)16-27-36(55)50(47-34-28(42)13-20(17-46-34)40(43,44)45)38(57)39(27,19-6-8-21(41)9-7-19)32(24)18-4-3-5-23(53)12-18/h3-10,12-15,17,25-27,31-32,53H,11,16H2,1-2H3,(H,46,47)/t25-,26+,27-,31-,32-,39+/m0/s1. The fourth-order valence-electron chi connectivity index (χ4n) is 9.57. The monoisotopic (exact) mass is 879 g/mol. The number of anilines is 3. The number of rotatable bonds is 8. The first-order chi connectivity index (χ1) is 28.8. The molecule has 21 heteroatoms. The number of carbonyl (C=O) groups is 4. The molecule has 0 unspecified atom stereocenters. The summed E-state index contributed by atoms with van der Waals surface area (Å²) in [4.78, 5) is 87.5. The fourth-order valence-corrected chi connectivity index (χ4v) is 9.91. The van der Waals surface area contributed by atoms with Gasteiger partial charge < -0.3 is 10.0 Å². The number of aromatic nitrogens is 1. The molecule has 16 nitrogen and oxygen atoms in total. The number of alkyl halides is 3. The fraction of sp³-hybridized carbons (Fsp3) is 0.275. The van der Waals surface area contributed by atoms with Crippen LogP contribution in [0, 0.1) is 43.9 Å². The number of hydrogen-bond donors (Lipinski definition) is 2. The zero-order chi connectivity index (χ0) is 44.0. The first-order valence-electron chi connectivity index (χ1n) is 18.4. The number of aromatic hydroxyl groups is 1. The Labute approximate surface area is 352 Å². The Morgan fingerprint density at radius 3 is 2.15 bits per heavy atom. The van der Waals surface area contributed by atoms with Gasteiger partial charge in [-0.1, -0.05) is 59.1 Å². The lowest BCUT2D eigenvalue weighted by atomic mass is 9.49. The Morgan fingerprint density at radius 2 is 1.57 bits per heavy atom. The summed E-state index contributed by atoms with van der Waals surface area (Å²) in [5.41, 5.74) is -1.74. The summed E-state index contributed by atoms with van der Waals surface area (Å²) in [5, 5.41) is 35.6. The molecule has 2 N–H and O–H groups in total. The molecule has 61 heavy (non-hydrogen) atoms. The smallest absolute Gasteiger partial charge is 0.417 e. The van der Waals surface area contributed by atoms with E-state index in [-0.39, 0.29) is 34.9 Å². The molecule has 1 aromatic heterocycles. The quantitative estimate of drug-likeness (QED) is 0.0780. The van der Waals surface area contributed by atoms with Crippen molar-refractivity contribution in [1.29, 1.82) is 0 Å². The zero-order valence-corrected chi connectivity index (χ0v) is 33.1. The van der Waals surface area contributed by atoms with Gasteiger partial charge >= 0.3 is 17.6 Å². The van der Waals surface area contributed by atoms with Crippen LogP contribution < -0.4 is 15.2 Å². The van der Waals surface area contributed by atoms with Gasteiger partial charge in [0.2, 0.25) is 11.8 Å². The summed E-state index contributed by atoms with van der Waals surface area (Å²) in [7, 11) is 2.72. The van der Waals surface area contributed by atoms with Gasteiger partial charge in [-0.05, 0) is 60.2 Å². The second kappa shape index (κ2) is 14.5. The average Bonchev–Trinajstić information content (AvgIpc) is 3.58. The highest BCUT2D eigenvalue weighted by molar-refractivity contribution is 6.33. The molecule has 4 amide bonds. The summed E-state index contributed by atoms with van der Waals surface area (Å²) in [5.74, 6) is -9.92. The number of amides is 4. The number of pyridine rings is 1. The Balaban J connectivity index is 1.29. The molecule has 2 aliphatic carbocycles. The van der Waals surface area contributed by atoms with Crippen LogP contribution in [0.2, 0.25) is 10.0 Å². The summed E-state index contributed by atoms with van der Waals surface area (Å²) >= 11 is 12.5. The van der Waals surface area contributed by atoms with Crippen molar-refractivity contribution in [2.24, 2.45) is 23.7 Å². The predicted octanol–water partition coefficient (Wildman–Crippen LogP) is 7.18. The largest absolute Gasteiger partial charge is 0.508 e. The molecule has 3 aromatic carbocycles. The van der Waals surface area contributed by atoms with E-state index in [4.69, 9.17) is 23.2 Å². The molecule has 3 heterocycles. The molecule has 4 aromatic rings. The molecule has 314 valence electrons. The van der Waals surface area contributed by atoms with Crippen LogP contribution in [0.4, 0.5) is 41.7 Å². The second-order valence-electron chi connectivity index (χ2n) is 15.3. The van der Waals surface area contributed by atoms with Crippen molar-refractivity contribution < 1.29 is 47.3 Å². The van der Waals surface area contributed by atoms with E-state index in [2.05, 4.69) is 10.4 Å². The minimum absolute atomic E-state index is 0.0938. The number of allylic oxidation sites excluding steroid dienone is 2. The highest BCUT2D eigenvalue weighted by Crippen LogP contribution is 2.64. The average molecular weight is 881 g/mol. The first-order valence-corrected chi connectivity index (χ1v) is 19.2. The summed E-state index contributed by atoms with van der Waals surface area (Å²) < 4.78 is 40.5. The van der Waals surface area contributed by atoms with Gasteiger partial charge in [0.25, 0.3) is 11.8 Å². The molecule has 2 aliphatic heterocycles. The normalized spacial score (nSPS) is 24.6. The van der Waals surface area contributed by atoms with E-state index in [1.54, 1.807) is 24.3 Å². The summed E-state index contributed by atoms with van der Waals surface area (Å²) in [6, 6.07) is 14.4. The number of hydrazine groups is 1. The van der Waals surface area contributed by atoms with Gasteiger partial charge in [-0.15, -0.1) is 0 Å². The van der Waals surface area contributed by atoms with Crippen LogP contribution in [0.25, 0.3) is 0 Å². The lowest BCUT2D eigenvalue weighted by Crippen LogP contribution is -2.53. The maximum absolute atomic E-state index is 15.3. The third-order valence-corrected chi connectivity index (χ3v) is 12.5. The molecule has 3 fully saturated rings.